The zero-order valence-electron chi connectivity index (χ0n) is 4.00. The van der Waals surface area contributed by atoms with Crippen LogP contribution in [0.4, 0.5) is 0 Å². The Morgan fingerprint density at radius 1 is 2.00 bits per heavy atom. The molecule has 1 aliphatic rings. The van der Waals surface area contributed by atoms with E-state index >= 15 is 0 Å². The summed E-state index contributed by atoms with van der Waals surface area (Å²) in [6, 6.07) is 0. The molecular weight excluding hydrogens is 130 g/mol. The standard InChI is InChI=1S/C4H4ClNO2/c5-1-3-4(7)6-2-8-3/h2-3H,1H2/t3-/m0/s1. The van der Waals surface area contributed by atoms with Crippen LogP contribution in [0, 0.1) is 0 Å². The van der Waals surface area contributed by atoms with Gasteiger partial charge in [-0.05, 0) is 0 Å². The molecule has 0 bridgehead atoms. The van der Waals surface area contributed by atoms with E-state index < -0.39 is 6.10 Å². The third-order valence-electron chi connectivity index (χ3n) is 0.821. The van der Waals surface area contributed by atoms with Crippen LogP contribution in [0.15, 0.2) is 4.99 Å². The van der Waals surface area contributed by atoms with Crippen molar-refractivity contribution in [3.05, 3.63) is 0 Å². The number of rotatable bonds is 1. The van der Waals surface area contributed by atoms with Crippen molar-refractivity contribution >= 4 is 23.9 Å². The van der Waals surface area contributed by atoms with Gasteiger partial charge in [0.15, 0.2) is 12.5 Å². The van der Waals surface area contributed by atoms with Crippen molar-refractivity contribution in [1.29, 1.82) is 0 Å². The fourth-order valence-corrected chi connectivity index (χ4v) is 0.604. The molecule has 0 spiro atoms. The Labute approximate surface area is 51.3 Å². The number of carbonyl (C=O) groups excluding carboxylic acids is 1. The molecule has 8 heavy (non-hydrogen) atoms. The van der Waals surface area contributed by atoms with Gasteiger partial charge in [-0.1, -0.05) is 0 Å². The van der Waals surface area contributed by atoms with Crippen molar-refractivity contribution < 1.29 is 9.53 Å². The molecule has 0 aromatic heterocycles. The Morgan fingerprint density at radius 3 is 3.00 bits per heavy atom. The van der Waals surface area contributed by atoms with Gasteiger partial charge in [0.05, 0.1) is 5.88 Å². The lowest BCUT2D eigenvalue weighted by molar-refractivity contribution is -0.121. The molecular formula is C4H4ClNO2. The second-order valence-corrected chi connectivity index (χ2v) is 1.66. The van der Waals surface area contributed by atoms with Gasteiger partial charge in [-0.25, -0.2) is 0 Å². The molecule has 0 unspecified atom stereocenters. The van der Waals surface area contributed by atoms with E-state index in [1.807, 2.05) is 0 Å². The predicted molar refractivity (Wildman–Crippen MR) is 29.1 cm³/mol. The van der Waals surface area contributed by atoms with E-state index in [0.29, 0.717) is 0 Å². The number of aliphatic imine (C=N–C) groups is 1. The average molecular weight is 134 g/mol. The zero-order chi connectivity index (χ0) is 5.98. The third kappa shape index (κ3) is 0.816. The second-order valence-electron chi connectivity index (χ2n) is 1.35. The molecule has 0 radical (unpaired) electrons. The molecule has 1 amide bonds. The lowest BCUT2D eigenvalue weighted by Crippen LogP contribution is -2.17. The molecule has 4 heteroatoms. The normalized spacial score (nSPS) is 26.1. The highest BCUT2D eigenvalue weighted by atomic mass is 35.5. The van der Waals surface area contributed by atoms with Gasteiger partial charge in [-0.2, -0.15) is 4.99 Å². The number of nitrogens with zero attached hydrogens (tertiary/aromatic N) is 1. The molecule has 0 aromatic rings. The molecule has 0 aromatic carbocycles. The van der Waals surface area contributed by atoms with E-state index in [2.05, 4.69) is 9.73 Å². The highest BCUT2D eigenvalue weighted by Crippen LogP contribution is 2.01. The lowest BCUT2D eigenvalue weighted by atomic mass is 10.4. The SMILES string of the molecule is O=C1N=CO[C@H]1CCl. The van der Waals surface area contributed by atoms with E-state index in [1.54, 1.807) is 0 Å². The van der Waals surface area contributed by atoms with E-state index in [-0.39, 0.29) is 11.8 Å². The summed E-state index contributed by atoms with van der Waals surface area (Å²) in [6.45, 7) is 0. The van der Waals surface area contributed by atoms with Crippen LogP contribution in [0.3, 0.4) is 0 Å². The van der Waals surface area contributed by atoms with Crippen molar-refractivity contribution in [3.8, 4) is 0 Å². The maximum Gasteiger partial charge on any atom is 0.290 e. The average Bonchev–Trinajstić information content (AvgIpc) is 2.14. The van der Waals surface area contributed by atoms with E-state index in [9.17, 15) is 4.79 Å². The van der Waals surface area contributed by atoms with Gasteiger partial charge in [0.2, 0.25) is 0 Å². The number of hydrogen-bond donors (Lipinski definition) is 0. The first-order valence-electron chi connectivity index (χ1n) is 2.12. The van der Waals surface area contributed by atoms with Gasteiger partial charge in [-0.15, -0.1) is 11.6 Å². The highest BCUT2D eigenvalue weighted by molar-refractivity contribution is 6.20. The molecule has 44 valence electrons. The molecule has 0 saturated heterocycles. The largest absolute Gasteiger partial charge is 0.469 e. The van der Waals surface area contributed by atoms with Crippen molar-refractivity contribution in [1.82, 2.24) is 0 Å². The Kier molecular flexibility index (Phi) is 1.48. The zero-order valence-corrected chi connectivity index (χ0v) is 4.76. The Balaban J connectivity index is 2.51. The van der Waals surface area contributed by atoms with E-state index in [1.165, 1.54) is 0 Å². The maximum absolute atomic E-state index is 10.4. The van der Waals surface area contributed by atoms with Gasteiger partial charge < -0.3 is 4.74 Å². The van der Waals surface area contributed by atoms with Crippen LogP contribution < -0.4 is 0 Å². The quantitative estimate of drug-likeness (QED) is 0.479. The van der Waals surface area contributed by atoms with Gasteiger partial charge in [0.1, 0.15) is 0 Å². The first kappa shape index (κ1) is 5.56. The summed E-state index contributed by atoms with van der Waals surface area (Å²) in [5.74, 6) is -0.112. The maximum atomic E-state index is 10.4. The molecule has 1 heterocycles. The van der Waals surface area contributed by atoms with Crippen LogP contribution in [0.25, 0.3) is 0 Å². The summed E-state index contributed by atoms with van der Waals surface area (Å²) in [7, 11) is 0. The van der Waals surface area contributed by atoms with Crippen LogP contribution >= 0.6 is 11.6 Å². The molecule has 0 aliphatic carbocycles. The van der Waals surface area contributed by atoms with Crippen molar-refractivity contribution in [2.45, 2.75) is 6.10 Å². The minimum absolute atomic E-state index is 0.179. The van der Waals surface area contributed by atoms with E-state index in [0.717, 1.165) is 6.40 Å². The summed E-state index contributed by atoms with van der Waals surface area (Å²) in [4.78, 5) is 13.7. The smallest absolute Gasteiger partial charge is 0.290 e. The summed E-state index contributed by atoms with van der Waals surface area (Å²) in [5.41, 5.74) is 0. The summed E-state index contributed by atoms with van der Waals surface area (Å²) < 4.78 is 4.64. The van der Waals surface area contributed by atoms with Gasteiger partial charge in [-0.3, -0.25) is 4.79 Å². The van der Waals surface area contributed by atoms with Crippen molar-refractivity contribution in [3.63, 3.8) is 0 Å². The molecule has 0 fully saturated rings. The molecule has 1 atom stereocenters. The minimum Gasteiger partial charge on any atom is -0.469 e. The fourth-order valence-electron chi connectivity index (χ4n) is 0.400. The van der Waals surface area contributed by atoms with Gasteiger partial charge in [0, 0.05) is 0 Å². The first-order chi connectivity index (χ1) is 3.84. The first-order valence-corrected chi connectivity index (χ1v) is 2.66. The molecule has 1 aliphatic heterocycles. The monoisotopic (exact) mass is 133 g/mol. The minimum atomic E-state index is -0.531. The number of amides is 1. The number of carbonyl (C=O) groups is 1. The highest BCUT2D eigenvalue weighted by Gasteiger charge is 2.20. The third-order valence-corrected chi connectivity index (χ3v) is 1.10. The molecule has 0 saturated carbocycles. The summed E-state index contributed by atoms with van der Waals surface area (Å²) >= 11 is 5.28. The number of ether oxygens (including phenoxy) is 1. The fraction of sp³-hybridized carbons (Fsp3) is 0.500. The second kappa shape index (κ2) is 2.13. The topological polar surface area (TPSA) is 38.7 Å². The molecule has 1 rings (SSSR count). The van der Waals surface area contributed by atoms with Crippen molar-refractivity contribution in [2.24, 2.45) is 4.99 Å². The Hall–Kier alpha value is -0.570. The van der Waals surface area contributed by atoms with E-state index in [4.69, 9.17) is 11.6 Å². The van der Waals surface area contributed by atoms with Crippen LogP contribution in [0.2, 0.25) is 0 Å². The number of alkyl halides is 1. The molecule has 3 nitrogen and oxygen atoms in total. The van der Waals surface area contributed by atoms with Crippen LogP contribution in [0.1, 0.15) is 0 Å². The Bertz CT molecular complexity index is 134. The van der Waals surface area contributed by atoms with Gasteiger partial charge in [0.25, 0.3) is 5.91 Å². The van der Waals surface area contributed by atoms with Crippen LogP contribution in [0.5, 0.6) is 0 Å². The van der Waals surface area contributed by atoms with Crippen LogP contribution in [-0.4, -0.2) is 24.3 Å². The number of hydrogen-bond acceptors (Lipinski definition) is 2. The van der Waals surface area contributed by atoms with Crippen molar-refractivity contribution in [2.75, 3.05) is 5.88 Å². The summed E-state index contributed by atoms with van der Waals surface area (Å²) in [6.07, 6.45) is 0.590. The number of halogens is 1. The molecule has 0 N–H and O–H groups in total. The summed E-state index contributed by atoms with van der Waals surface area (Å²) in [5, 5.41) is 0. The van der Waals surface area contributed by atoms with Gasteiger partial charge >= 0.3 is 0 Å². The van der Waals surface area contributed by atoms with Crippen LogP contribution in [-0.2, 0) is 9.53 Å². The Morgan fingerprint density at radius 2 is 2.75 bits per heavy atom. The lowest BCUT2D eigenvalue weighted by Gasteiger charge is -1.97. The predicted octanol–water partition coefficient (Wildman–Crippen LogP) is 0.179.